The zero-order valence-corrected chi connectivity index (χ0v) is 17.8. The largest absolute Gasteiger partial charge is 0.345 e. The monoisotopic (exact) mass is 439 g/mol. The number of hydrogen-bond donors (Lipinski definition) is 3. The Bertz CT molecular complexity index is 821. The normalized spacial score (nSPS) is 28.7. The minimum Gasteiger partial charge on any atom is -0.345 e. The van der Waals surface area contributed by atoms with Crippen molar-refractivity contribution in [3.05, 3.63) is 55.8 Å². The van der Waals surface area contributed by atoms with Crippen molar-refractivity contribution < 1.29 is 4.92 Å². The van der Waals surface area contributed by atoms with Crippen LogP contribution in [0.1, 0.15) is 44.1 Å². The Balaban J connectivity index is 1.74. The third-order valence-corrected chi connectivity index (χ3v) is 6.85. The summed E-state index contributed by atoms with van der Waals surface area (Å²) in [5.41, 5.74) is 12.1. The lowest BCUT2D eigenvalue weighted by Gasteiger charge is -2.36. The van der Waals surface area contributed by atoms with Crippen LogP contribution in [0.4, 0.5) is 0 Å². The van der Waals surface area contributed by atoms with Crippen LogP contribution in [0, 0.1) is 22.0 Å². The highest BCUT2D eigenvalue weighted by atomic mass is 35.5. The number of nitrogens with two attached hydrogens (primary N) is 2. The third-order valence-electron chi connectivity index (χ3n) is 5.99. The molecule has 158 valence electrons. The van der Waals surface area contributed by atoms with Gasteiger partial charge in [0.15, 0.2) is 0 Å². The Morgan fingerprint density at radius 2 is 1.93 bits per heavy atom. The molecule has 1 unspecified atom stereocenters. The predicted molar refractivity (Wildman–Crippen MR) is 116 cm³/mol. The molecule has 0 amide bonds. The van der Waals surface area contributed by atoms with Crippen LogP contribution in [-0.4, -0.2) is 22.8 Å². The highest BCUT2D eigenvalue weighted by Gasteiger charge is 2.44. The number of aliphatic imine (C=N–C) groups is 1. The Labute approximate surface area is 180 Å². The average molecular weight is 440 g/mol. The van der Waals surface area contributed by atoms with Gasteiger partial charge >= 0.3 is 0 Å². The summed E-state index contributed by atoms with van der Waals surface area (Å²) in [6.45, 7) is 1.02. The van der Waals surface area contributed by atoms with Crippen LogP contribution in [0.5, 0.6) is 0 Å². The molecule has 5 N–H and O–H groups in total. The molecule has 1 aliphatic carbocycles. The van der Waals surface area contributed by atoms with E-state index < -0.39 is 5.54 Å². The quantitative estimate of drug-likeness (QED) is 0.458. The fourth-order valence-corrected chi connectivity index (χ4v) is 4.67. The molecule has 29 heavy (non-hydrogen) atoms. The first-order chi connectivity index (χ1) is 13.8. The molecule has 3 rings (SSSR count). The van der Waals surface area contributed by atoms with E-state index in [2.05, 4.69) is 10.3 Å². The van der Waals surface area contributed by atoms with Crippen molar-refractivity contribution in [1.29, 1.82) is 0 Å². The topological polar surface area (TPSA) is 120 Å². The van der Waals surface area contributed by atoms with Crippen molar-refractivity contribution in [1.82, 2.24) is 5.32 Å². The van der Waals surface area contributed by atoms with Crippen molar-refractivity contribution >= 4 is 29.0 Å². The van der Waals surface area contributed by atoms with Gasteiger partial charge in [-0.2, -0.15) is 0 Å². The molecule has 1 atom stereocenters. The Morgan fingerprint density at radius 1 is 1.24 bits per heavy atom. The van der Waals surface area contributed by atoms with E-state index in [1.807, 2.05) is 12.1 Å². The number of benzene rings is 1. The summed E-state index contributed by atoms with van der Waals surface area (Å²) in [5.74, 6) is 1.52. The van der Waals surface area contributed by atoms with Gasteiger partial charge < -0.3 is 16.8 Å². The van der Waals surface area contributed by atoms with Gasteiger partial charge in [-0.3, -0.25) is 15.1 Å². The number of nitrogens with zero attached hydrogens (tertiary/aromatic N) is 2. The van der Waals surface area contributed by atoms with Gasteiger partial charge in [0.25, 0.3) is 5.70 Å². The second-order valence-corrected chi connectivity index (χ2v) is 8.85. The Hall–Kier alpha value is -1.67. The molecule has 0 radical (unpaired) electrons. The van der Waals surface area contributed by atoms with E-state index in [-0.39, 0.29) is 17.0 Å². The van der Waals surface area contributed by atoms with Crippen molar-refractivity contribution in [3.8, 4) is 0 Å². The molecular weight excluding hydrogens is 413 g/mol. The maximum Gasteiger partial charge on any atom is 0.282 e. The zero-order valence-electron chi connectivity index (χ0n) is 16.2. The summed E-state index contributed by atoms with van der Waals surface area (Å²) in [6, 6.07) is 5.38. The highest BCUT2D eigenvalue weighted by molar-refractivity contribution is 6.42. The van der Waals surface area contributed by atoms with Gasteiger partial charge in [0, 0.05) is 6.42 Å². The molecule has 0 spiro atoms. The van der Waals surface area contributed by atoms with Crippen LogP contribution in [-0.2, 0) is 6.54 Å². The summed E-state index contributed by atoms with van der Waals surface area (Å²) < 4.78 is 0. The second-order valence-electron chi connectivity index (χ2n) is 8.07. The summed E-state index contributed by atoms with van der Waals surface area (Å²) in [5, 5.41) is 15.5. The fourth-order valence-electron chi connectivity index (χ4n) is 4.29. The van der Waals surface area contributed by atoms with Crippen LogP contribution in [0.2, 0.25) is 10.0 Å². The van der Waals surface area contributed by atoms with Crippen molar-refractivity contribution in [2.45, 2.75) is 50.6 Å². The van der Waals surface area contributed by atoms with Crippen LogP contribution < -0.4 is 16.8 Å². The van der Waals surface area contributed by atoms with E-state index in [0.717, 1.165) is 31.2 Å². The smallest absolute Gasteiger partial charge is 0.282 e. The van der Waals surface area contributed by atoms with Gasteiger partial charge in [-0.1, -0.05) is 48.2 Å². The Morgan fingerprint density at radius 3 is 2.59 bits per heavy atom. The summed E-state index contributed by atoms with van der Waals surface area (Å²) >= 11 is 12.3. The van der Waals surface area contributed by atoms with Crippen LogP contribution in [0.15, 0.2) is 35.1 Å². The lowest BCUT2D eigenvalue weighted by molar-refractivity contribution is -0.436. The van der Waals surface area contributed by atoms with Gasteiger partial charge in [0.05, 0.1) is 27.7 Å². The molecule has 0 bridgehead atoms. The Kier molecular flexibility index (Phi) is 7.16. The molecule has 0 saturated heterocycles. The van der Waals surface area contributed by atoms with Gasteiger partial charge in [0.1, 0.15) is 11.4 Å². The SMILES string of the molecule is NCC1CCC(CC2(N)CC(=NCc3cccc(Cl)c3Cl)NC=C2[N+](=O)[O-])CC1. The van der Waals surface area contributed by atoms with Gasteiger partial charge in [-0.25, -0.2) is 0 Å². The number of halogens is 2. The first-order valence-electron chi connectivity index (χ1n) is 9.89. The van der Waals surface area contributed by atoms with Crippen LogP contribution in [0.3, 0.4) is 0 Å². The molecule has 1 saturated carbocycles. The van der Waals surface area contributed by atoms with E-state index in [4.69, 9.17) is 34.7 Å². The molecule has 9 heteroatoms. The van der Waals surface area contributed by atoms with E-state index >= 15 is 0 Å². The minimum atomic E-state index is -1.05. The van der Waals surface area contributed by atoms with E-state index in [1.54, 1.807) is 6.07 Å². The number of hydrogen-bond acceptors (Lipinski definition) is 5. The molecule has 1 aromatic carbocycles. The van der Waals surface area contributed by atoms with Gasteiger partial charge in [-0.15, -0.1) is 0 Å². The number of nitro groups is 1. The minimum absolute atomic E-state index is 0.0122. The average Bonchev–Trinajstić information content (AvgIpc) is 2.69. The zero-order chi connectivity index (χ0) is 21.0. The van der Waals surface area contributed by atoms with Gasteiger partial charge in [0.2, 0.25) is 0 Å². The molecular formula is C20H27Cl2N5O2. The third kappa shape index (κ3) is 5.28. The number of nitrogens with one attached hydrogen (secondary N) is 1. The first-order valence-corrected chi connectivity index (χ1v) is 10.6. The van der Waals surface area contributed by atoms with Crippen LogP contribution in [0.25, 0.3) is 0 Å². The molecule has 1 aliphatic heterocycles. The lowest BCUT2D eigenvalue weighted by atomic mass is 9.73. The standard InChI is InChI=1S/C20H27Cl2N5O2/c21-16-3-1-2-15(19(16)22)11-25-18-9-20(24,17(12-26-18)27(28)29)8-13-4-6-14(10-23)7-5-13/h1-3,12-14H,4-11,23-24H2,(H,25,26). The van der Waals surface area contributed by atoms with Gasteiger partial charge in [-0.05, 0) is 49.3 Å². The highest BCUT2D eigenvalue weighted by Crippen LogP contribution is 2.37. The van der Waals surface area contributed by atoms with E-state index in [0.29, 0.717) is 47.2 Å². The first kappa shape index (κ1) is 22.0. The van der Waals surface area contributed by atoms with Crippen molar-refractivity contribution in [2.75, 3.05) is 6.54 Å². The molecule has 7 nitrogen and oxygen atoms in total. The van der Waals surface area contributed by atoms with E-state index in [9.17, 15) is 10.1 Å². The fraction of sp³-hybridized carbons (Fsp3) is 0.550. The van der Waals surface area contributed by atoms with Crippen molar-refractivity contribution in [2.24, 2.45) is 28.3 Å². The lowest BCUT2D eigenvalue weighted by Crippen LogP contribution is -2.52. The number of rotatable bonds is 6. The number of amidine groups is 1. The van der Waals surface area contributed by atoms with Crippen LogP contribution >= 0.6 is 23.2 Å². The predicted octanol–water partition coefficient (Wildman–Crippen LogP) is 3.86. The summed E-state index contributed by atoms with van der Waals surface area (Å²) in [7, 11) is 0. The maximum absolute atomic E-state index is 11.6. The molecule has 1 aromatic rings. The van der Waals surface area contributed by atoms with E-state index in [1.165, 1.54) is 6.20 Å². The molecule has 1 heterocycles. The summed E-state index contributed by atoms with van der Waals surface area (Å²) in [6.07, 6.45) is 6.36. The molecule has 2 aliphatic rings. The molecule has 0 aromatic heterocycles. The second kappa shape index (κ2) is 9.43. The van der Waals surface area contributed by atoms with Crippen molar-refractivity contribution in [3.63, 3.8) is 0 Å². The molecule has 1 fully saturated rings. The maximum atomic E-state index is 11.6. The summed E-state index contributed by atoms with van der Waals surface area (Å²) in [4.78, 5) is 15.8.